The topological polar surface area (TPSA) is 12.5 Å². The van der Waals surface area contributed by atoms with Crippen LogP contribution in [0, 0.1) is 35.0 Å². The lowest BCUT2D eigenvalue weighted by Crippen LogP contribution is -2.48. The monoisotopic (exact) mass is 286 g/mol. The molecule has 0 aromatic rings. The first-order valence-electron chi connectivity index (χ1n) is 9.53. The highest BCUT2D eigenvalue weighted by atomic mass is 16.6. The minimum absolute atomic E-state index is 0.566. The van der Waals surface area contributed by atoms with E-state index in [0.29, 0.717) is 17.6 Å². The lowest BCUT2D eigenvalue weighted by atomic mass is 9.50. The maximum absolute atomic E-state index is 5.96. The Kier molecular flexibility index (Phi) is 2.74. The average Bonchev–Trinajstić information content (AvgIpc) is 3.21. The second-order valence-corrected chi connectivity index (χ2v) is 8.86. The third-order valence-corrected chi connectivity index (χ3v) is 8.45. The van der Waals surface area contributed by atoms with Crippen LogP contribution in [0.4, 0.5) is 0 Å². The molecule has 4 saturated carbocycles. The molecule has 21 heavy (non-hydrogen) atoms. The first kappa shape index (κ1) is 13.2. The Morgan fingerprint density at radius 2 is 1.71 bits per heavy atom. The number of hydrogen-bond acceptors (Lipinski definition) is 1. The molecular weight excluding hydrogens is 256 g/mol. The first-order valence-corrected chi connectivity index (χ1v) is 9.53. The Labute approximate surface area is 129 Å². The molecule has 0 amide bonds. The number of ether oxygens (including phenoxy) is 1. The summed E-state index contributed by atoms with van der Waals surface area (Å²) in [4.78, 5) is 0. The van der Waals surface area contributed by atoms with Gasteiger partial charge in [0.1, 0.15) is 0 Å². The average molecular weight is 286 g/mol. The second kappa shape index (κ2) is 4.37. The number of epoxide rings is 1. The van der Waals surface area contributed by atoms with Crippen LogP contribution >= 0.6 is 0 Å². The quantitative estimate of drug-likeness (QED) is 0.453. The zero-order valence-electron chi connectivity index (χ0n) is 13.7. The maximum atomic E-state index is 5.96. The van der Waals surface area contributed by atoms with Crippen molar-refractivity contribution in [3.63, 3.8) is 0 Å². The fraction of sp³-hybridized carbons (Fsp3) is 0.900. The van der Waals surface area contributed by atoms with Crippen molar-refractivity contribution in [3.05, 3.63) is 11.6 Å². The Hall–Kier alpha value is -0.300. The summed E-state index contributed by atoms with van der Waals surface area (Å²) in [5.74, 6) is 5.05. The summed E-state index contributed by atoms with van der Waals surface area (Å²) in [7, 11) is 0. The molecule has 0 N–H and O–H groups in total. The van der Waals surface area contributed by atoms with E-state index in [9.17, 15) is 0 Å². The smallest absolute Gasteiger partial charge is 0.0872 e. The molecule has 0 aromatic heterocycles. The molecule has 1 aliphatic heterocycles. The van der Waals surface area contributed by atoms with Gasteiger partial charge < -0.3 is 4.74 Å². The molecule has 1 nitrogen and oxygen atoms in total. The molecule has 5 aliphatic rings. The van der Waals surface area contributed by atoms with Crippen LogP contribution in [0.25, 0.3) is 0 Å². The number of rotatable bonds is 0. The third kappa shape index (κ3) is 1.68. The summed E-state index contributed by atoms with van der Waals surface area (Å²) in [6.07, 6.45) is 15.5. The van der Waals surface area contributed by atoms with Crippen molar-refractivity contribution in [1.82, 2.24) is 0 Å². The van der Waals surface area contributed by atoms with Gasteiger partial charge in [-0.05, 0) is 93.3 Å². The van der Waals surface area contributed by atoms with Crippen molar-refractivity contribution in [2.24, 2.45) is 35.0 Å². The molecular formula is C20H30O. The van der Waals surface area contributed by atoms with Crippen molar-refractivity contribution in [3.8, 4) is 0 Å². The van der Waals surface area contributed by atoms with Crippen LogP contribution in [-0.4, -0.2) is 12.2 Å². The van der Waals surface area contributed by atoms with Gasteiger partial charge in [0.25, 0.3) is 0 Å². The summed E-state index contributed by atoms with van der Waals surface area (Å²) in [6, 6.07) is 0. The van der Waals surface area contributed by atoms with E-state index in [4.69, 9.17) is 4.74 Å². The Morgan fingerprint density at radius 1 is 0.952 bits per heavy atom. The minimum Gasteiger partial charge on any atom is -0.369 e. The van der Waals surface area contributed by atoms with Crippen LogP contribution in [0.3, 0.4) is 0 Å². The predicted molar refractivity (Wildman–Crippen MR) is 84.9 cm³/mol. The van der Waals surface area contributed by atoms with Crippen molar-refractivity contribution in [2.75, 3.05) is 0 Å². The van der Waals surface area contributed by atoms with Crippen LogP contribution in [0.15, 0.2) is 11.6 Å². The zero-order valence-corrected chi connectivity index (χ0v) is 13.7. The van der Waals surface area contributed by atoms with Gasteiger partial charge in [0.2, 0.25) is 0 Å². The van der Waals surface area contributed by atoms with E-state index in [1.165, 1.54) is 51.4 Å². The Balaban J connectivity index is 1.44. The van der Waals surface area contributed by atoms with Gasteiger partial charge in [-0.2, -0.15) is 0 Å². The molecule has 0 bridgehead atoms. The van der Waals surface area contributed by atoms with Gasteiger partial charge >= 0.3 is 0 Å². The molecule has 1 saturated heterocycles. The van der Waals surface area contributed by atoms with E-state index in [-0.39, 0.29) is 0 Å². The first-order chi connectivity index (χ1) is 10.2. The van der Waals surface area contributed by atoms with Crippen LogP contribution in [0.5, 0.6) is 0 Å². The number of fused-ring (bicyclic) bond motifs is 7. The van der Waals surface area contributed by atoms with Gasteiger partial charge in [-0.25, -0.2) is 0 Å². The summed E-state index contributed by atoms with van der Waals surface area (Å²) in [6.45, 7) is 4.88. The minimum atomic E-state index is 0.566. The van der Waals surface area contributed by atoms with Crippen LogP contribution in [0.1, 0.15) is 65.2 Å². The molecule has 1 heteroatoms. The van der Waals surface area contributed by atoms with E-state index < -0.39 is 0 Å². The van der Waals surface area contributed by atoms with Crippen LogP contribution < -0.4 is 0 Å². The largest absolute Gasteiger partial charge is 0.369 e. The lowest BCUT2D eigenvalue weighted by molar-refractivity contribution is -0.0379. The van der Waals surface area contributed by atoms with Gasteiger partial charge in [0, 0.05) is 0 Å². The molecule has 4 aliphatic carbocycles. The summed E-state index contributed by atoms with van der Waals surface area (Å²) in [5.41, 5.74) is 2.36. The van der Waals surface area contributed by atoms with E-state index in [2.05, 4.69) is 19.9 Å². The molecule has 0 radical (unpaired) electrons. The Morgan fingerprint density at radius 3 is 2.57 bits per heavy atom. The molecule has 8 atom stereocenters. The van der Waals surface area contributed by atoms with E-state index in [0.717, 1.165) is 29.6 Å². The number of allylic oxidation sites excluding steroid dienone is 2. The van der Waals surface area contributed by atoms with Crippen molar-refractivity contribution < 1.29 is 4.74 Å². The van der Waals surface area contributed by atoms with Crippen LogP contribution in [-0.2, 0) is 4.74 Å². The summed E-state index contributed by atoms with van der Waals surface area (Å²) < 4.78 is 5.96. The van der Waals surface area contributed by atoms with E-state index in [1.54, 1.807) is 5.57 Å². The molecule has 5 rings (SSSR count). The standard InChI is InChI=1S/C20H30O/c1-3-12-4-8-17-15-5-6-16-13(7-9-18-19(16)21-18)14(15)10-11-20(12,17)2/h3,13-19H,4-11H2,1-2H3/b12-3-/t13-,14-,15-,16+,17+,18+,19-,20-/m1/s1. The SMILES string of the molecule is C/C=C1/CC[C@H]2[C@@H]3CC[C@H]4[C@H](CC[C@@H]5O[C@H]45)[C@H]3CC[C@]12C. The molecule has 1 heterocycles. The fourth-order valence-corrected chi connectivity index (χ4v) is 7.46. The third-order valence-electron chi connectivity index (χ3n) is 8.45. The molecule has 0 aromatic carbocycles. The normalized spacial score (nSPS) is 59.9. The van der Waals surface area contributed by atoms with Crippen LogP contribution in [0.2, 0.25) is 0 Å². The summed E-state index contributed by atoms with van der Waals surface area (Å²) >= 11 is 0. The number of hydrogen-bond donors (Lipinski definition) is 0. The highest BCUT2D eigenvalue weighted by Crippen LogP contribution is 2.65. The van der Waals surface area contributed by atoms with Crippen molar-refractivity contribution in [1.29, 1.82) is 0 Å². The molecule has 116 valence electrons. The van der Waals surface area contributed by atoms with Gasteiger partial charge in [-0.3, -0.25) is 0 Å². The maximum Gasteiger partial charge on any atom is 0.0872 e. The molecule has 5 fully saturated rings. The highest BCUT2D eigenvalue weighted by molar-refractivity contribution is 5.23. The van der Waals surface area contributed by atoms with E-state index >= 15 is 0 Å². The van der Waals surface area contributed by atoms with Gasteiger partial charge in [0.05, 0.1) is 12.2 Å². The zero-order chi connectivity index (χ0) is 14.2. The van der Waals surface area contributed by atoms with E-state index in [1.807, 2.05) is 0 Å². The Bertz CT molecular complexity index is 480. The fourth-order valence-electron chi connectivity index (χ4n) is 7.46. The van der Waals surface area contributed by atoms with Crippen molar-refractivity contribution in [2.45, 2.75) is 77.4 Å². The van der Waals surface area contributed by atoms with Gasteiger partial charge in [-0.1, -0.05) is 18.6 Å². The highest BCUT2D eigenvalue weighted by Gasteiger charge is 2.59. The van der Waals surface area contributed by atoms with Gasteiger partial charge in [0.15, 0.2) is 0 Å². The lowest BCUT2D eigenvalue weighted by Gasteiger charge is -2.54. The van der Waals surface area contributed by atoms with Gasteiger partial charge in [-0.15, -0.1) is 0 Å². The second-order valence-electron chi connectivity index (χ2n) is 8.86. The summed E-state index contributed by atoms with van der Waals surface area (Å²) in [5, 5.41) is 0. The molecule has 0 spiro atoms. The van der Waals surface area contributed by atoms with Crippen molar-refractivity contribution >= 4 is 0 Å². The predicted octanol–water partition coefficient (Wildman–Crippen LogP) is 4.96. The molecule has 0 unspecified atom stereocenters.